The molecular weight excluding hydrogens is 361 g/mol. The number of ether oxygens (including phenoxy) is 2. The van der Waals surface area contributed by atoms with Crippen LogP contribution in [0.15, 0.2) is 42.5 Å². The molecule has 138 valence electrons. The minimum Gasteiger partial charge on any atom is -0.496 e. The van der Waals surface area contributed by atoms with Crippen LogP contribution in [-0.2, 0) is 20.7 Å². The lowest BCUT2D eigenvalue weighted by molar-refractivity contribution is -0.153. The molecule has 1 amide bonds. The molecule has 0 heterocycles. The molecule has 0 unspecified atom stereocenters. The molecule has 0 bridgehead atoms. The fraction of sp³-hybridized carbons (Fsp3) is 0.263. The van der Waals surface area contributed by atoms with E-state index in [9.17, 15) is 14.0 Å². The first-order chi connectivity index (χ1) is 12.4. The molecule has 0 aliphatic rings. The van der Waals surface area contributed by atoms with E-state index in [1.807, 2.05) is 24.3 Å². The molecule has 0 aliphatic carbocycles. The molecule has 1 atom stereocenters. The molecule has 0 aliphatic heterocycles. The monoisotopic (exact) mass is 379 g/mol. The number of hydrogen-bond donors (Lipinski definition) is 1. The average Bonchev–Trinajstić information content (AvgIpc) is 2.63. The van der Waals surface area contributed by atoms with Crippen molar-refractivity contribution in [1.82, 2.24) is 0 Å². The van der Waals surface area contributed by atoms with Crippen LogP contribution in [0.4, 0.5) is 10.1 Å². The highest BCUT2D eigenvalue weighted by Crippen LogP contribution is 2.20. The Balaban J connectivity index is 1.85. The second-order valence-corrected chi connectivity index (χ2v) is 5.97. The third kappa shape index (κ3) is 5.46. The number of nitrogens with one attached hydrogen (secondary N) is 1. The van der Waals surface area contributed by atoms with E-state index in [2.05, 4.69) is 5.32 Å². The fourth-order valence-corrected chi connectivity index (χ4v) is 2.45. The van der Waals surface area contributed by atoms with Gasteiger partial charge in [0.15, 0.2) is 6.10 Å². The second kappa shape index (κ2) is 9.20. The first-order valence-electron chi connectivity index (χ1n) is 7.98. The van der Waals surface area contributed by atoms with E-state index < -0.39 is 23.8 Å². The largest absolute Gasteiger partial charge is 0.496 e. The van der Waals surface area contributed by atoms with E-state index >= 15 is 0 Å². The lowest BCUT2D eigenvalue weighted by Gasteiger charge is -2.14. The number of carbonyl (C=O) groups excluding carboxylic acids is 2. The lowest BCUT2D eigenvalue weighted by Crippen LogP contribution is -2.30. The Morgan fingerprint density at radius 2 is 1.96 bits per heavy atom. The van der Waals surface area contributed by atoms with E-state index in [-0.39, 0.29) is 11.4 Å². The van der Waals surface area contributed by atoms with Crippen molar-refractivity contribution < 1.29 is 23.5 Å². The van der Waals surface area contributed by atoms with Crippen LogP contribution in [0.2, 0.25) is 5.02 Å². The number of carbonyl (C=O) groups is 2. The van der Waals surface area contributed by atoms with Gasteiger partial charge in [0, 0.05) is 12.1 Å². The smallest absolute Gasteiger partial charge is 0.306 e. The Kier molecular flexibility index (Phi) is 6.97. The van der Waals surface area contributed by atoms with Crippen molar-refractivity contribution in [3.05, 3.63) is 58.9 Å². The Bertz CT molecular complexity index is 797. The van der Waals surface area contributed by atoms with Gasteiger partial charge in [-0.15, -0.1) is 0 Å². The van der Waals surface area contributed by atoms with Gasteiger partial charge in [-0.05, 0) is 43.2 Å². The van der Waals surface area contributed by atoms with Gasteiger partial charge in [-0.25, -0.2) is 4.39 Å². The summed E-state index contributed by atoms with van der Waals surface area (Å²) in [5.41, 5.74) is 1.20. The molecule has 5 nitrogen and oxygen atoms in total. The molecule has 0 saturated heterocycles. The Morgan fingerprint density at radius 3 is 2.65 bits per heavy atom. The Hall–Kier alpha value is -2.60. The van der Waals surface area contributed by atoms with Crippen molar-refractivity contribution in [3.8, 4) is 5.75 Å². The van der Waals surface area contributed by atoms with E-state index in [0.717, 1.165) is 11.6 Å². The molecule has 0 saturated carbocycles. The van der Waals surface area contributed by atoms with E-state index in [1.165, 1.54) is 19.1 Å². The van der Waals surface area contributed by atoms with Gasteiger partial charge in [0.2, 0.25) is 0 Å². The summed E-state index contributed by atoms with van der Waals surface area (Å²) in [6, 6.07) is 11.2. The molecule has 0 aromatic heterocycles. The van der Waals surface area contributed by atoms with Crippen molar-refractivity contribution in [2.45, 2.75) is 25.9 Å². The first kappa shape index (κ1) is 19.7. The number of esters is 1. The number of aryl methyl sites for hydroxylation is 1. The first-order valence-corrected chi connectivity index (χ1v) is 8.35. The Morgan fingerprint density at radius 1 is 1.23 bits per heavy atom. The number of para-hydroxylation sites is 1. The molecule has 0 spiro atoms. The molecular formula is C19H19ClFNO4. The molecule has 7 heteroatoms. The van der Waals surface area contributed by atoms with Gasteiger partial charge in [0.25, 0.3) is 5.91 Å². The van der Waals surface area contributed by atoms with Crippen LogP contribution in [0.25, 0.3) is 0 Å². The quantitative estimate of drug-likeness (QED) is 0.739. The summed E-state index contributed by atoms with van der Waals surface area (Å²) in [4.78, 5) is 24.0. The summed E-state index contributed by atoms with van der Waals surface area (Å²) in [5.74, 6) is -0.922. The topological polar surface area (TPSA) is 64.6 Å². The summed E-state index contributed by atoms with van der Waals surface area (Å²) in [5, 5.41) is 2.41. The number of hydrogen-bond acceptors (Lipinski definition) is 4. The SMILES string of the molecule is COc1ccccc1CCC(=O)O[C@@H](C)C(=O)Nc1ccc(F)c(Cl)c1. The molecule has 0 fully saturated rings. The van der Waals surface area contributed by atoms with Crippen LogP contribution in [0.5, 0.6) is 5.75 Å². The zero-order chi connectivity index (χ0) is 19.1. The van der Waals surface area contributed by atoms with Crippen LogP contribution in [0.1, 0.15) is 18.9 Å². The zero-order valence-electron chi connectivity index (χ0n) is 14.4. The molecule has 2 aromatic carbocycles. The Labute approximate surface area is 156 Å². The highest BCUT2D eigenvalue weighted by molar-refractivity contribution is 6.31. The molecule has 2 aromatic rings. The minimum atomic E-state index is -0.996. The summed E-state index contributed by atoms with van der Waals surface area (Å²) >= 11 is 5.66. The van der Waals surface area contributed by atoms with Crippen molar-refractivity contribution >= 4 is 29.2 Å². The number of halogens is 2. The van der Waals surface area contributed by atoms with Crippen LogP contribution < -0.4 is 10.1 Å². The third-order valence-corrected chi connectivity index (χ3v) is 3.95. The number of benzene rings is 2. The lowest BCUT2D eigenvalue weighted by atomic mass is 10.1. The van der Waals surface area contributed by atoms with Crippen LogP contribution in [0, 0.1) is 5.82 Å². The summed E-state index contributed by atoms with van der Waals surface area (Å²) in [6.07, 6.45) is -0.450. The minimum absolute atomic E-state index is 0.107. The van der Waals surface area contributed by atoms with Gasteiger partial charge in [-0.3, -0.25) is 9.59 Å². The van der Waals surface area contributed by atoms with Crippen molar-refractivity contribution in [2.24, 2.45) is 0 Å². The average molecular weight is 380 g/mol. The maximum absolute atomic E-state index is 13.1. The number of amides is 1. The van der Waals surface area contributed by atoms with Gasteiger partial charge >= 0.3 is 5.97 Å². The number of anilines is 1. The standard InChI is InChI=1S/C19H19ClFNO4/c1-12(19(24)22-14-8-9-16(21)15(20)11-14)26-18(23)10-7-13-5-3-4-6-17(13)25-2/h3-6,8-9,11-12H,7,10H2,1-2H3,(H,22,24)/t12-/m0/s1. The molecule has 26 heavy (non-hydrogen) atoms. The van der Waals surface area contributed by atoms with Gasteiger partial charge in [0.05, 0.1) is 12.1 Å². The van der Waals surface area contributed by atoms with Gasteiger partial charge in [-0.2, -0.15) is 0 Å². The van der Waals surface area contributed by atoms with Crippen molar-refractivity contribution in [3.63, 3.8) is 0 Å². The van der Waals surface area contributed by atoms with Gasteiger partial charge in [0.1, 0.15) is 11.6 Å². The van der Waals surface area contributed by atoms with E-state index in [4.69, 9.17) is 21.1 Å². The predicted octanol–water partition coefficient (Wildman–Crippen LogP) is 3.99. The van der Waals surface area contributed by atoms with Gasteiger partial charge in [-0.1, -0.05) is 29.8 Å². The molecule has 0 radical (unpaired) electrons. The van der Waals surface area contributed by atoms with Crippen molar-refractivity contribution in [1.29, 1.82) is 0 Å². The highest BCUT2D eigenvalue weighted by atomic mass is 35.5. The highest BCUT2D eigenvalue weighted by Gasteiger charge is 2.18. The maximum atomic E-state index is 13.1. The van der Waals surface area contributed by atoms with Gasteiger partial charge < -0.3 is 14.8 Å². The number of rotatable bonds is 7. The van der Waals surface area contributed by atoms with E-state index in [1.54, 1.807) is 7.11 Å². The molecule has 1 N–H and O–H groups in total. The fourth-order valence-electron chi connectivity index (χ4n) is 2.27. The molecule has 2 rings (SSSR count). The third-order valence-electron chi connectivity index (χ3n) is 3.66. The number of methoxy groups -OCH3 is 1. The predicted molar refractivity (Wildman–Crippen MR) is 96.9 cm³/mol. The maximum Gasteiger partial charge on any atom is 0.306 e. The van der Waals surface area contributed by atoms with Crippen LogP contribution in [0.3, 0.4) is 0 Å². The second-order valence-electron chi connectivity index (χ2n) is 5.56. The normalized spacial score (nSPS) is 11.5. The van der Waals surface area contributed by atoms with Crippen LogP contribution >= 0.6 is 11.6 Å². The van der Waals surface area contributed by atoms with Crippen molar-refractivity contribution in [2.75, 3.05) is 12.4 Å². The van der Waals surface area contributed by atoms with E-state index in [0.29, 0.717) is 17.9 Å². The van der Waals surface area contributed by atoms with Crippen LogP contribution in [-0.4, -0.2) is 25.1 Å². The zero-order valence-corrected chi connectivity index (χ0v) is 15.2. The summed E-state index contributed by atoms with van der Waals surface area (Å²) in [7, 11) is 1.56. The summed E-state index contributed by atoms with van der Waals surface area (Å²) in [6.45, 7) is 1.46. The summed E-state index contributed by atoms with van der Waals surface area (Å²) < 4.78 is 23.5.